The van der Waals surface area contributed by atoms with Gasteiger partial charge in [-0.25, -0.2) is 0 Å². The van der Waals surface area contributed by atoms with Crippen LogP contribution in [0.3, 0.4) is 0 Å². The monoisotopic (exact) mass is 330 g/mol. The highest BCUT2D eigenvalue weighted by Gasteiger charge is 2.52. The molecule has 0 fully saturated rings. The molecule has 0 spiro atoms. The van der Waals surface area contributed by atoms with Crippen LogP contribution in [0.5, 0.6) is 0 Å². The molecule has 1 unspecified atom stereocenters. The molecule has 0 saturated heterocycles. The molecule has 0 aromatic carbocycles. The van der Waals surface area contributed by atoms with E-state index in [1.54, 1.807) is 41.5 Å². The molecule has 23 heavy (non-hydrogen) atoms. The molecular weight excluding hydrogens is 300 g/mol. The smallest absolute Gasteiger partial charge is 0.323 e. The van der Waals surface area contributed by atoms with Crippen LogP contribution in [-0.4, -0.2) is 35.2 Å². The Bertz CT molecular complexity index is 444. The van der Waals surface area contributed by atoms with Gasteiger partial charge in [0.2, 0.25) is 0 Å². The van der Waals surface area contributed by atoms with Gasteiger partial charge in [0.15, 0.2) is 5.41 Å². The molecule has 1 N–H and O–H groups in total. The van der Waals surface area contributed by atoms with E-state index in [2.05, 4.69) is 0 Å². The molecule has 0 amide bonds. The zero-order valence-corrected chi connectivity index (χ0v) is 15.3. The maximum atomic E-state index is 12.6. The molecule has 0 rings (SSSR count). The van der Waals surface area contributed by atoms with Crippen molar-refractivity contribution in [2.45, 2.75) is 73.3 Å². The number of carbonyl (C=O) groups is 3. The van der Waals surface area contributed by atoms with Crippen LogP contribution >= 0.6 is 0 Å². The van der Waals surface area contributed by atoms with Crippen LogP contribution in [0, 0.1) is 10.8 Å². The standard InChI is InChI=1S/C17H30O6/c1-8-17(9-2,12(18)19)11-16(7,13(20)22-10-3)14(21)23-15(4,5)6/h8-11H2,1-7H3,(H,18,19). The predicted octanol–water partition coefficient (Wildman–Crippen LogP) is 3.18. The summed E-state index contributed by atoms with van der Waals surface area (Å²) in [6.07, 6.45) is 0.448. The summed E-state index contributed by atoms with van der Waals surface area (Å²) < 4.78 is 10.4. The summed E-state index contributed by atoms with van der Waals surface area (Å²) in [5, 5.41) is 9.61. The van der Waals surface area contributed by atoms with E-state index in [4.69, 9.17) is 9.47 Å². The maximum Gasteiger partial charge on any atom is 0.323 e. The van der Waals surface area contributed by atoms with Crippen molar-refractivity contribution in [2.24, 2.45) is 10.8 Å². The number of ether oxygens (including phenoxy) is 2. The van der Waals surface area contributed by atoms with E-state index in [9.17, 15) is 19.5 Å². The number of carbonyl (C=O) groups excluding carboxylic acids is 2. The van der Waals surface area contributed by atoms with Crippen LogP contribution < -0.4 is 0 Å². The third-order valence-corrected chi connectivity index (χ3v) is 4.07. The fourth-order valence-corrected chi connectivity index (χ4v) is 2.46. The zero-order chi connectivity index (χ0) is 18.5. The van der Waals surface area contributed by atoms with E-state index in [-0.39, 0.29) is 13.0 Å². The Hall–Kier alpha value is -1.59. The van der Waals surface area contributed by atoms with Crippen LogP contribution in [0.1, 0.15) is 67.7 Å². The Morgan fingerprint density at radius 3 is 1.70 bits per heavy atom. The lowest BCUT2D eigenvalue weighted by molar-refractivity contribution is -0.182. The third kappa shape index (κ3) is 5.22. The SMILES string of the molecule is CCOC(=O)C(C)(CC(CC)(CC)C(=O)O)C(=O)OC(C)(C)C. The van der Waals surface area contributed by atoms with Crippen LogP contribution in [0.15, 0.2) is 0 Å². The maximum absolute atomic E-state index is 12.6. The van der Waals surface area contributed by atoms with E-state index in [0.29, 0.717) is 12.8 Å². The number of esters is 2. The van der Waals surface area contributed by atoms with Gasteiger partial charge in [0, 0.05) is 0 Å². The number of rotatable bonds is 8. The molecule has 0 aromatic rings. The van der Waals surface area contributed by atoms with Crippen LogP contribution in [-0.2, 0) is 23.9 Å². The van der Waals surface area contributed by atoms with E-state index < -0.39 is 34.3 Å². The van der Waals surface area contributed by atoms with Crippen molar-refractivity contribution in [1.29, 1.82) is 0 Å². The number of carboxylic acid groups (broad SMARTS) is 1. The molecule has 6 heteroatoms. The van der Waals surface area contributed by atoms with E-state index >= 15 is 0 Å². The van der Waals surface area contributed by atoms with Gasteiger partial charge in [-0.1, -0.05) is 13.8 Å². The lowest BCUT2D eigenvalue weighted by Crippen LogP contribution is -2.47. The average molecular weight is 330 g/mol. The minimum absolute atomic E-state index is 0.107. The van der Waals surface area contributed by atoms with Crippen molar-refractivity contribution in [3.63, 3.8) is 0 Å². The summed E-state index contributed by atoms with van der Waals surface area (Å²) >= 11 is 0. The summed E-state index contributed by atoms with van der Waals surface area (Å²) in [5.74, 6) is -2.53. The normalized spacial score (nSPS) is 14.7. The van der Waals surface area contributed by atoms with Crippen molar-refractivity contribution < 1.29 is 29.0 Å². The molecule has 0 aromatic heterocycles. The number of aliphatic carboxylic acids is 1. The highest BCUT2D eigenvalue weighted by atomic mass is 16.6. The van der Waals surface area contributed by atoms with Crippen molar-refractivity contribution in [3.8, 4) is 0 Å². The molecule has 1 atom stereocenters. The summed E-state index contributed by atoms with van der Waals surface area (Å²) in [4.78, 5) is 36.8. The van der Waals surface area contributed by atoms with Gasteiger partial charge in [0.25, 0.3) is 0 Å². The first-order chi connectivity index (χ1) is 10.4. The molecule has 134 valence electrons. The number of hydrogen-bond acceptors (Lipinski definition) is 5. The van der Waals surface area contributed by atoms with Crippen molar-refractivity contribution >= 4 is 17.9 Å². The first kappa shape index (κ1) is 21.4. The highest BCUT2D eigenvalue weighted by molar-refractivity contribution is 6.00. The zero-order valence-electron chi connectivity index (χ0n) is 15.3. The summed E-state index contributed by atoms with van der Waals surface area (Å²) in [7, 11) is 0. The lowest BCUT2D eigenvalue weighted by Gasteiger charge is -2.36. The topological polar surface area (TPSA) is 89.9 Å². The Kier molecular flexibility index (Phi) is 7.26. The minimum Gasteiger partial charge on any atom is -0.481 e. The molecule has 6 nitrogen and oxygen atoms in total. The van der Waals surface area contributed by atoms with Gasteiger partial charge >= 0.3 is 17.9 Å². The third-order valence-electron chi connectivity index (χ3n) is 4.07. The fraction of sp³-hybridized carbons (Fsp3) is 0.824. The van der Waals surface area contributed by atoms with Crippen LogP contribution in [0.4, 0.5) is 0 Å². The summed E-state index contributed by atoms with van der Waals surface area (Å²) in [6, 6.07) is 0. The molecule has 0 saturated carbocycles. The van der Waals surface area contributed by atoms with Gasteiger partial charge in [-0.2, -0.15) is 0 Å². The molecule has 0 aliphatic heterocycles. The molecule has 0 aliphatic carbocycles. The number of carboxylic acids is 1. The van der Waals surface area contributed by atoms with Gasteiger partial charge in [-0.15, -0.1) is 0 Å². The molecule has 0 heterocycles. The van der Waals surface area contributed by atoms with Crippen molar-refractivity contribution in [1.82, 2.24) is 0 Å². The Morgan fingerprint density at radius 1 is 0.913 bits per heavy atom. The minimum atomic E-state index is -1.66. The first-order valence-electron chi connectivity index (χ1n) is 8.02. The second kappa shape index (κ2) is 7.79. The second-order valence-corrected chi connectivity index (χ2v) is 7.02. The highest BCUT2D eigenvalue weighted by Crippen LogP contribution is 2.42. The lowest BCUT2D eigenvalue weighted by atomic mass is 9.68. The van der Waals surface area contributed by atoms with E-state index in [1.165, 1.54) is 6.92 Å². The van der Waals surface area contributed by atoms with E-state index in [1.807, 2.05) is 0 Å². The summed E-state index contributed by atoms with van der Waals surface area (Å²) in [6.45, 7) is 11.7. The molecule has 0 aliphatic rings. The Morgan fingerprint density at radius 2 is 1.39 bits per heavy atom. The first-order valence-corrected chi connectivity index (χ1v) is 8.02. The molecular formula is C17H30O6. The Labute approximate surface area is 138 Å². The average Bonchev–Trinajstić information content (AvgIpc) is 2.42. The molecule has 0 bridgehead atoms. The predicted molar refractivity (Wildman–Crippen MR) is 85.9 cm³/mol. The second-order valence-electron chi connectivity index (χ2n) is 7.02. The van der Waals surface area contributed by atoms with Gasteiger partial charge < -0.3 is 14.6 Å². The quantitative estimate of drug-likeness (QED) is 0.543. The largest absolute Gasteiger partial charge is 0.481 e. The Balaban J connectivity index is 5.82. The van der Waals surface area contributed by atoms with E-state index in [0.717, 1.165) is 0 Å². The van der Waals surface area contributed by atoms with Crippen LogP contribution in [0.25, 0.3) is 0 Å². The van der Waals surface area contributed by atoms with Crippen LogP contribution in [0.2, 0.25) is 0 Å². The number of hydrogen-bond donors (Lipinski definition) is 1. The molecule has 0 radical (unpaired) electrons. The summed E-state index contributed by atoms with van der Waals surface area (Å²) in [5.41, 5.74) is -3.62. The van der Waals surface area contributed by atoms with Gasteiger partial charge in [0.05, 0.1) is 12.0 Å². The van der Waals surface area contributed by atoms with Gasteiger partial charge in [0.1, 0.15) is 5.60 Å². The van der Waals surface area contributed by atoms with Crippen molar-refractivity contribution in [3.05, 3.63) is 0 Å². The van der Waals surface area contributed by atoms with Gasteiger partial charge in [-0.3, -0.25) is 14.4 Å². The fourth-order valence-electron chi connectivity index (χ4n) is 2.46. The van der Waals surface area contributed by atoms with Crippen molar-refractivity contribution in [2.75, 3.05) is 6.61 Å². The van der Waals surface area contributed by atoms with Gasteiger partial charge in [-0.05, 0) is 53.9 Å².